The minimum atomic E-state index is 0.236. The molecule has 0 atom stereocenters. The maximum atomic E-state index is 10.2. The minimum Gasteiger partial charge on any atom is -0.492 e. The number of ether oxygens (including phenoxy) is 1. The first-order valence-electron chi connectivity index (χ1n) is 12.9. The maximum absolute atomic E-state index is 10.2. The number of aromatic nitrogens is 1. The van der Waals surface area contributed by atoms with Gasteiger partial charge in [0.15, 0.2) is 0 Å². The van der Waals surface area contributed by atoms with Gasteiger partial charge < -0.3 is 9.30 Å². The van der Waals surface area contributed by atoms with E-state index in [4.69, 9.17) is 14.9 Å². The van der Waals surface area contributed by atoms with Crippen molar-refractivity contribution in [2.24, 2.45) is 11.3 Å². The van der Waals surface area contributed by atoms with Crippen LogP contribution in [-0.4, -0.2) is 42.5 Å². The van der Waals surface area contributed by atoms with Gasteiger partial charge in [0.2, 0.25) is 6.41 Å². The molecule has 1 aliphatic carbocycles. The summed E-state index contributed by atoms with van der Waals surface area (Å²) in [6.45, 7) is 7.79. The van der Waals surface area contributed by atoms with Crippen LogP contribution in [0.15, 0.2) is 42.5 Å². The van der Waals surface area contributed by atoms with Crippen molar-refractivity contribution in [3.8, 4) is 23.1 Å². The number of hydrogen-bond donors (Lipinski definition) is 4. The third kappa shape index (κ3) is 6.91. The molecule has 5 N–H and O–H groups in total. The molecule has 4 rings (SSSR count). The first kappa shape index (κ1) is 28.7. The second-order valence-corrected chi connectivity index (χ2v) is 10.6. The Morgan fingerprint density at radius 1 is 1.24 bits per heavy atom. The molecule has 0 aliphatic heterocycles. The monoisotopic (exact) mass is 517 g/mol. The van der Waals surface area contributed by atoms with E-state index in [2.05, 4.69) is 73.0 Å². The van der Waals surface area contributed by atoms with Crippen LogP contribution in [-0.2, 0) is 11.2 Å². The van der Waals surface area contributed by atoms with Crippen molar-refractivity contribution >= 4 is 23.7 Å². The van der Waals surface area contributed by atoms with Crippen LogP contribution in [0.4, 0.5) is 0 Å². The first-order valence-corrected chi connectivity index (χ1v) is 12.9. The van der Waals surface area contributed by atoms with Gasteiger partial charge in [-0.05, 0) is 54.4 Å². The Labute approximate surface area is 225 Å². The zero-order valence-corrected chi connectivity index (χ0v) is 22.8. The molecule has 1 amide bonds. The average molecular weight is 518 g/mol. The predicted octanol–water partition coefficient (Wildman–Crippen LogP) is 4.52. The number of nitrogens with zero attached hydrogens (tertiary/aromatic N) is 3. The summed E-state index contributed by atoms with van der Waals surface area (Å²) in [4.78, 5) is 8.94. The minimum absolute atomic E-state index is 0.236. The largest absolute Gasteiger partial charge is 0.492 e. The van der Waals surface area contributed by atoms with Crippen LogP contribution in [0.5, 0.6) is 5.75 Å². The fourth-order valence-corrected chi connectivity index (χ4v) is 4.70. The molecule has 1 heterocycles. The summed E-state index contributed by atoms with van der Waals surface area (Å²) in [5, 5.41) is 20.2. The predicted molar refractivity (Wildman–Crippen MR) is 152 cm³/mol. The van der Waals surface area contributed by atoms with E-state index in [1.54, 1.807) is 17.5 Å². The summed E-state index contributed by atoms with van der Waals surface area (Å²) in [5.41, 5.74) is 10.1. The molecule has 1 fully saturated rings. The number of nitrogens with one attached hydrogen (secondary N) is 3. The summed E-state index contributed by atoms with van der Waals surface area (Å²) < 4.78 is 8.38. The Balaban J connectivity index is 0.000000934. The molecule has 38 heavy (non-hydrogen) atoms. The van der Waals surface area contributed by atoms with Crippen LogP contribution in [0.3, 0.4) is 0 Å². The molecular formula is C29H39N7O2. The lowest BCUT2D eigenvalue weighted by molar-refractivity contribution is -0.109. The van der Waals surface area contributed by atoms with Crippen LogP contribution < -0.4 is 21.4 Å². The number of benzene rings is 2. The lowest BCUT2D eigenvalue weighted by Crippen LogP contribution is -2.36. The van der Waals surface area contributed by atoms with Crippen LogP contribution in [0.25, 0.3) is 22.2 Å². The van der Waals surface area contributed by atoms with E-state index in [0.717, 1.165) is 52.7 Å². The fourth-order valence-electron chi connectivity index (χ4n) is 4.70. The van der Waals surface area contributed by atoms with Crippen molar-refractivity contribution in [2.75, 3.05) is 20.2 Å². The number of amides is 1. The van der Waals surface area contributed by atoms with E-state index in [9.17, 15) is 5.26 Å². The number of rotatable bonds is 10. The Morgan fingerprint density at radius 2 is 1.92 bits per heavy atom. The van der Waals surface area contributed by atoms with Crippen molar-refractivity contribution in [3.63, 3.8) is 0 Å². The number of fused-ring (bicyclic) bond motifs is 1. The molecule has 1 saturated carbocycles. The van der Waals surface area contributed by atoms with Crippen molar-refractivity contribution in [1.29, 1.82) is 10.7 Å². The van der Waals surface area contributed by atoms with Crippen LogP contribution in [0.1, 0.15) is 57.2 Å². The lowest BCUT2D eigenvalue weighted by Gasteiger charge is -2.30. The summed E-state index contributed by atoms with van der Waals surface area (Å²) in [6.07, 6.45) is 6.15. The quantitative estimate of drug-likeness (QED) is 0.0781. The zero-order chi connectivity index (χ0) is 27.7. The number of carbonyl (C=O) groups excluding carboxylic acids is 1. The van der Waals surface area contributed by atoms with E-state index < -0.39 is 0 Å². The molecule has 1 aliphatic rings. The van der Waals surface area contributed by atoms with Crippen molar-refractivity contribution in [1.82, 2.24) is 20.4 Å². The molecule has 1 aromatic heterocycles. The average Bonchev–Trinajstić information content (AvgIpc) is 3.18. The number of carbonyl (C=O) groups is 1. The van der Waals surface area contributed by atoms with Gasteiger partial charge >= 0.3 is 0 Å². The first-order chi connectivity index (χ1) is 18.3. The zero-order valence-electron chi connectivity index (χ0n) is 22.8. The number of hydrazine groups is 2. The molecule has 0 spiro atoms. The molecule has 2 aromatic carbocycles. The highest BCUT2D eigenvalue weighted by atomic mass is 16.5. The second kappa shape index (κ2) is 13.1. The SMILES string of the molecule is CNN(C=N)CCOc1ccc2c(C#N)c(-c3ccc(CC(C)(C)C)cc3)n(C3CCC3)c2c1.NNC=O. The number of hydrogen-bond acceptors (Lipinski definition) is 6. The molecule has 9 heteroatoms. The highest BCUT2D eigenvalue weighted by molar-refractivity contribution is 5.95. The van der Waals surface area contributed by atoms with Gasteiger partial charge in [-0.1, -0.05) is 45.0 Å². The molecule has 202 valence electrons. The van der Waals surface area contributed by atoms with Crippen LogP contribution >= 0.6 is 0 Å². The molecule has 0 saturated heterocycles. The van der Waals surface area contributed by atoms with Crippen LogP contribution in [0.2, 0.25) is 0 Å². The van der Waals surface area contributed by atoms with Gasteiger partial charge in [0.25, 0.3) is 0 Å². The maximum Gasteiger partial charge on any atom is 0.221 e. The summed E-state index contributed by atoms with van der Waals surface area (Å²) in [6, 6.07) is 17.7. The summed E-state index contributed by atoms with van der Waals surface area (Å²) >= 11 is 0. The Bertz CT molecular complexity index is 1270. The van der Waals surface area contributed by atoms with Gasteiger partial charge in [-0.15, -0.1) is 0 Å². The molecule has 0 radical (unpaired) electrons. The fraction of sp³-hybridized carbons (Fsp3) is 0.414. The molecule has 0 bridgehead atoms. The third-order valence-corrected chi connectivity index (χ3v) is 6.60. The molecule has 9 nitrogen and oxygen atoms in total. The van der Waals surface area contributed by atoms with E-state index in [-0.39, 0.29) is 5.41 Å². The van der Waals surface area contributed by atoms with Crippen LogP contribution in [0, 0.1) is 22.2 Å². The summed E-state index contributed by atoms with van der Waals surface area (Å²) in [5.74, 6) is 5.19. The van der Waals surface area contributed by atoms with E-state index in [1.807, 2.05) is 12.1 Å². The topological polar surface area (TPSA) is 132 Å². The smallest absolute Gasteiger partial charge is 0.221 e. The van der Waals surface area contributed by atoms with Gasteiger partial charge in [0.1, 0.15) is 18.4 Å². The standard InChI is InChI=1S/C28H35N5O.CH4N2O/c1-28(2,3)17-20-8-10-21(11-9-20)27-25(18-29)24-13-12-23(34-15-14-32(19-30)31-4)16-26(24)33(27)22-6-5-7-22;2-3-1-4/h8-13,16,19,22,30-31H,5-7,14-15,17H2,1-4H3;1H,2H2,(H,3,4). The Hall–Kier alpha value is -3.87. The van der Waals surface area contributed by atoms with E-state index >= 15 is 0 Å². The molecule has 0 unspecified atom stereocenters. The van der Waals surface area contributed by atoms with Crippen molar-refractivity contribution < 1.29 is 9.53 Å². The van der Waals surface area contributed by atoms with Crippen molar-refractivity contribution in [3.05, 3.63) is 53.6 Å². The Morgan fingerprint density at radius 3 is 2.42 bits per heavy atom. The van der Waals surface area contributed by atoms with Gasteiger partial charge in [0.05, 0.1) is 29.7 Å². The third-order valence-electron chi connectivity index (χ3n) is 6.60. The van der Waals surface area contributed by atoms with Gasteiger partial charge in [-0.25, -0.2) is 11.3 Å². The number of nitriles is 1. The van der Waals surface area contributed by atoms with Gasteiger partial charge in [0, 0.05) is 24.5 Å². The highest BCUT2D eigenvalue weighted by Crippen LogP contribution is 2.43. The van der Waals surface area contributed by atoms with Crippen molar-refractivity contribution in [2.45, 2.75) is 52.5 Å². The highest BCUT2D eigenvalue weighted by Gasteiger charge is 2.28. The second-order valence-electron chi connectivity index (χ2n) is 10.6. The number of nitrogens with two attached hydrogens (primary N) is 1. The van der Waals surface area contributed by atoms with E-state index in [0.29, 0.717) is 25.6 Å². The summed E-state index contributed by atoms with van der Waals surface area (Å²) in [7, 11) is 1.78. The Kier molecular flexibility index (Phi) is 9.88. The van der Waals surface area contributed by atoms with Gasteiger partial charge in [-0.3, -0.25) is 20.6 Å². The van der Waals surface area contributed by atoms with E-state index in [1.165, 1.54) is 18.3 Å². The molecular weight excluding hydrogens is 478 g/mol. The lowest BCUT2D eigenvalue weighted by atomic mass is 9.87. The normalized spacial score (nSPS) is 13.1. The molecule has 3 aromatic rings. The van der Waals surface area contributed by atoms with Gasteiger partial charge in [-0.2, -0.15) is 5.26 Å².